The summed E-state index contributed by atoms with van der Waals surface area (Å²) in [6.45, 7) is 0.0569. The summed E-state index contributed by atoms with van der Waals surface area (Å²) in [7, 11) is -3.92. The smallest absolute Gasteiger partial charge is 0.292 e. The average Bonchev–Trinajstić information content (AvgIpc) is 3.38. The minimum absolute atomic E-state index is 0.0134. The third-order valence-electron chi connectivity index (χ3n) is 6.39. The molecule has 4 heterocycles. The Morgan fingerprint density at radius 3 is 2.58 bits per heavy atom. The number of hydrogen-bond acceptors (Lipinski definition) is 7. The lowest BCUT2D eigenvalue weighted by atomic mass is 10.1. The maximum Gasteiger partial charge on any atom is 0.292 e. The van der Waals surface area contributed by atoms with E-state index in [2.05, 4.69) is 20.9 Å². The average molecular weight is 528 g/mol. The van der Waals surface area contributed by atoms with Crippen molar-refractivity contribution in [2.45, 2.75) is 17.5 Å². The Balaban J connectivity index is 1.35. The highest BCUT2D eigenvalue weighted by molar-refractivity contribution is 7.89. The number of benzene rings is 1. The molecule has 11 nitrogen and oxygen atoms in total. The molecule has 1 amide bonds. The number of carbonyl (C=O) groups is 1. The molecule has 3 aromatic heterocycles. The second kappa shape index (κ2) is 9.94. The number of terminal acetylenes is 1. The maximum absolute atomic E-state index is 13.4. The highest BCUT2D eigenvalue weighted by Crippen LogP contribution is 2.26. The van der Waals surface area contributed by atoms with Crippen LogP contribution in [-0.4, -0.2) is 64.2 Å². The molecule has 0 aliphatic carbocycles. The van der Waals surface area contributed by atoms with Crippen LogP contribution in [0.5, 0.6) is 0 Å². The van der Waals surface area contributed by atoms with Crippen molar-refractivity contribution >= 4 is 26.8 Å². The van der Waals surface area contributed by atoms with Gasteiger partial charge in [0.1, 0.15) is 5.03 Å². The van der Waals surface area contributed by atoms with Crippen LogP contribution in [0.4, 0.5) is 0 Å². The van der Waals surface area contributed by atoms with E-state index in [-0.39, 0.29) is 36.9 Å². The zero-order valence-electron chi connectivity index (χ0n) is 20.0. The number of H-pyrrole nitrogens is 1. The first-order valence-corrected chi connectivity index (χ1v) is 13.0. The van der Waals surface area contributed by atoms with Crippen molar-refractivity contribution in [2.75, 3.05) is 19.6 Å². The number of pyridine rings is 1. The number of carbonyl (C=O) groups excluding carboxylic acids is 1. The van der Waals surface area contributed by atoms with Crippen LogP contribution in [0.2, 0.25) is 0 Å². The van der Waals surface area contributed by atoms with Crippen molar-refractivity contribution in [3.8, 4) is 29.5 Å². The van der Waals surface area contributed by atoms with Gasteiger partial charge >= 0.3 is 0 Å². The zero-order chi connectivity index (χ0) is 26.9. The number of aromatic nitrogens is 4. The number of fused-ring (bicyclic) bond motifs is 1. The molecule has 0 radical (unpaired) electrons. The number of rotatable bonds is 5. The minimum Gasteiger partial charge on any atom is -0.619 e. The molecule has 190 valence electrons. The molecule has 1 atom stereocenters. The summed E-state index contributed by atoms with van der Waals surface area (Å²) >= 11 is 0. The third-order valence-corrected chi connectivity index (χ3v) is 8.18. The highest BCUT2D eigenvalue weighted by Gasteiger charge is 2.38. The Morgan fingerprint density at radius 1 is 1.16 bits per heavy atom. The van der Waals surface area contributed by atoms with Crippen molar-refractivity contribution in [3.05, 3.63) is 77.8 Å². The number of piperazine rings is 1. The van der Waals surface area contributed by atoms with Gasteiger partial charge in [-0.1, -0.05) is 5.92 Å². The molecule has 1 fully saturated rings. The van der Waals surface area contributed by atoms with Crippen molar-refractivity contribution in [2.24, 2.45) is 0 Å². The fourth-order valence-electron chi connectivity index (χ4n) is 4.39. The van der Waals surface area contributed by atoms with Crippen molar-refractivity contribution in [1.82, 2.24) is 24.2 Å². The molecule has 1 aliphatic heterocycles. The van der Waals surface area contributed by atoms with E-state index in [1.54, 1.807) is 30.3 Å². The molecule has 1 saturated heterocycles. The first kappa shape index (κ1) is 24.9. The SMILES string of the molecule is C#Cc1ccc2[nH]c(S(=O)(=O)N3CCN(C(=O)c4ncc(-c5cc[n+]([O-])cc5)cn4)C(CC#N)C3)cc2c1. The number of hydrogen-bond donors (Lipinski definition) is 1. The highest BCUT2D eigenvalue weighted by atomic mass is 32.2. The van der Waals surface area contributed by atoms with Gasteiger partial charge in [-0.25, -0.2) is 18.4 Å². The Bertz CT molecular complexity index is 1700. The largest absolute Gasteiger partial charge is 0.619 e. The maximum atomic E-state index is 13.4. The standard InChI is InChI=1S/C26H21N7O4S/c1-2-18-3-4-23-20(13-18)14-24(30-23)38(36,37)32-11-12-33(22(17-32)5-8-27)26(34)25-28-15-21(16-29-25)19-6-9-31(35)10-7-19/h1,3-4,6-7,9-10,13-16,22,30H,5,11-12,17H2. The number of aromatic amines is 1. The molecule has 0 spiro atoms. The molecule has 5 rings (SSSR count). The quantitative estimate of drug-likeness (QED) is 0.236. The van der Waals surface area contributed by atoms with Crippen LogP contribution in [0.3, 0.4) is 0 Å². The van der Waals surface area contributed by atoms with E-state index in [0.717, 1.165) is 0 Å². The molecule has 1 N–H and O–H groups in total. The van der Waals surface area contributed by atoms with Gasteiger partial charge in [0.05, 0.1) is 18.5 Å². The van der Waals surface area contributed by atoms with Crippen molar-refractivity contribution < 1.29 is 17.9 Å². The molecule has 0 bridgehead atoms. The van der Waals surface area contributed by atoms with Gasteiger partial charge < -0.3 is 15.1 Å². The van der Waals surface area contributed by atoms with Crippen LogP contribution >= 0.6 is 0 Å². The monoisotopic (exact) mass is 527 g/mol. The van der Waals surface area contributed by atoms with E-state index in [1.807, 2.05) is 6.07 Å². The number of sulfonamides is 1. The van der Waals surface area contributed by atoms with E-state index >= 15 is 0 Å². The predicted molar refractivity (Wildman–Crippen MR) is 136 cm³/mol. The van der Waals surface area contributed by atoms with Crippen LogP contribution in [-0.2, 0) is 10.0 Å². The van der Waals surface area contributed by atoms with Gasteiger partial charge in [0.25, 0.3) is 15.9 Å². The molecule has 12 heteroatoms. The van der Waals surface area contributed by atoms with E-state index < -0.39 is 22.0 Å². The topological polar surface area (TPSA) is 150 Å². The van der Waals surface area contributed by atoms with E-state index in [4.69, 9.17) is 6.42 Å². The molecule has 4 aromatic rings. The summed E-state index contributed by atoms with van der Waals surface area (Å²) < 4.78 is 28.8. The van der Waals surface area contributed by atoms with E-state index in [0.29, 0.717) is 32.3 Å². The summed E-state index contributed by atoms with van der Waals surface area (Å²) in [5, 5.41) is 21.3. The molecule has 0 saturated carbocycles. The van der Waals surface area contributed by atoms with Gasteiger partial charge in [-0.05, 0) is 29.8 Å². The number of nitrogens with one attached hydrogen (secondary N) is 1. The van der Waals surface area contributed by atoms with Gasteiger partial charge in [0.15, 0.2) is 12.4 Å². The second-order valence-corrected chi connectivity index (χ2v) is 10.6. The Hall–Kier alpha value is -4.78. The molecular weight excluding hydrogens is 506 g/mol. The first-order valence-electron chi connectivity index (χ1n) is 11.6. The van der Waals surface area contributed by atoms with Gasteiger partial charge in [-0.3, -0.25) is 4.79 Å². The van der Waals surface area contributed by atoms with Crippen LogP contribution in [0, 0.1) is 28.9 Å². The lowest BCUT2D eigenvalue weighted by molar-refractivity contribution is -0.605. The summed E-state index contributed by atoms with van der Waals surface area (Å²) in [4.78, 5) is 26.0. The molecule has 38 heavy (non-hydrogen) atoms. The fourth-order valence-corrected chi connectivity index (χ4v) is 5.87. The summed E-state index contributed by atoms with van der Waals surface area (Å²) in [6, 6.07) is 11.3. The van der Waals surface area contributed by atoms with E-state index in [1.165, 1.54) is 40.1 Å². The molecular formula is C26H21N7O4S. The Morgan fingerprint density at radius 2 is 1.89 bits per heavy atom. The predicted octanol–water partition coefficient (Wildman–Crippen LogP) is 1.67. The van der Waals surface area contributed by atoms with Crippen LogP contribution in [0.25, 0.3) is 22.0 Å². The molecule has 1 unspecified atom stereocenters. The zero-order valence-corrected chi connectivity index (χ0v) is 20.8. The van der Waals surface area contributed by atoms with Gasteiger partial charge in [-0.2, -0.15) is 14.3 Å². The second-order valence-electron chi connectivity index (χ2n) is 8.70. The number of nitrogens with zero attached hydrogens (tertiary/aromatic N) is 6. The van der Waals surface area contributed by atoms with Crippen LogP contribution < -0.4 is 4.73 Å². The Kier molecular flexibility index (Phi) is 6.51. The van der Waals surface area contributed by atoms with Crippen LogP contribution in [0.1, 0.15) is 22.6 Å². The van der Waals surface area contributed by atoms with Gasteiger partial charge in [0, 0.05) is 66.2 Å². The summed E-state index contributed by atoms with van der Waals surface area (Å²) in [5.41, 5.74) is 2.61. The van der Waals surface area contributed by atoms with Crippen LogP contribution in [0.15, 0.2) is 66.2 Å². The van der Waals surface area contributed by atoms with Crippen molar-refractivity contribution in [3.63, 3.8) is 0 Å². The number of nitriles is 1. The van der Waals surface area contributed by atoms with E-state index in [9.17, 15) is 23.7 Å². The van der Waals surface area contributed by atoms with Crippen molar-refractivity contribution in [1.29, 1.82) is 5.26 Å². The Labute approximate surface area is 218 Å². The first-order chi connectivity index (χ1) is 18.3. The summed E-state index contributed by atoms with van der Waals surface area (Å²) in [6.07, 6.45) is 11.0. The lowest BCUT2D eigenvalue weighted by Gasteiger charge is -2.39. The fraction of sp³-hybridized carbons (Fsp3) is 0.192. The number of amides is 1. The lowest BCUT2D eigenvalue weighted by Crippen LogP contribution is -2.56. The minimum atomic E-state index is -3.92. The molecule has 1 aromatic carbocycles. The van der Waals surface area contributed by atoms with Gasteiger partial charge in [0.2, 0.25) is 5.82 Å². The third kappa shape index (κ3) is 4.66. The normalized spacial score (nSPS) is 16.2. The molecule has 1 aliphatic rings. The van der Waals surface area contributed by atoms with Gasteiger partial charge in [-0.15, -0.1) is 6.42 Å². The summed E-state index contributed by atoms with van der Waals surface area (Å²) in [5.74, 6) is 1.97.